The fourth-order valence-corrected chi connectivity index (χ4v) is 2.84. The summed E-state index contributed by atoms with van der Waals surface area (Å²) in [7, 11) is 0. The molecule has 0 radical (unpaired) electrons. The number of nitrogens with zero attached hydrogens (tertiary/aromatic N) is 2. The average Bonchev–Trinajstić information content (AvgIpc) is 3.12. The standard InChI is InChI=1S/C18H10F17N3O3/c1-2-38-8-6-4-3-5-7(8)36-10(38)37-9(39)11(19,14(23,24)25)40-18(34,35)13(22,16(29,30)31)41-17(32,33)12(20,21)15(26,27)28/h3-6H,2H2,1H3,(H,36,37,39)/t11-,13-/m1/s1. The van der Waals surface area contributed by atoms with Crippen molar-refractivity contribution in [1.29, 1.82) is 0 Å². The van der Waals surface area contributed by atoms with Crippen molar-refractivity contribution in [1.82, 2.24) is 9.55 Å². The molecule has 6 nitrogen and oxygen atoms in total. The fraction of sp³-hybridized carbons (Fsp3) is 0.556. The largest absolute Gasteiger partial charge is 0.462 e. The molecule has 2 atom stereocenters. The van der Waals surface area contributed by atoms with E-state index in [9.17, 15) is 79.4 Å². The highest BCUT2D eigenvalue weighted by Crippen LogP contribution is 2.56. The molecule has 234 valence electrons. The lowest BCUT2D eigenvalue weighted by Gasteiger charge is -2.40. The third-order valence-electron chi connectivity index (χ3n) is 4.85. The average molecular weight is 639 g/mol. The zero-order valence-electron chi connectivity index (χ0n) is 19.1. The second-order valence-corrected chi connectivity index (χ2v) is 7.62. The molecule has 0 fully saturated rings. The van der Waals surface area contributed by atoms with Crippen molar-refractivity contribution < 1.29 is 88.9 Å². The number of halogens is 17. The number of rotatable bonds is 9. The number of hydrogen-bond acceptors (Lipinski definition) is 4. The molecule has 1 heterocycles. The van der Waals surface area contributed by atoms with Gasteiger partial charge in [0.25, 0.3) is 0 Å². The quantitative estimate of drug-likeness (QED) is 0.305. The zero-order valence-corrected chi connectivity index (χ0v) is 19.1. The second kappa shape index (κ2) is 10.0. The summed E-state index contributed by atoms with van der Waals surface area (Å²) >= 11 is 0. The van der Waals surface area contributed by atoms with Gasteiger partial charge in [-0.3, -0.25) is 19.6 Å². The van der Waals surface area contributed by atoms with Crippen LogP contribution in [0.1, 0.15) is 6.92 Å². The normalized spacial score (nSPS) is 17.3. The zero-order chi connectivity index (χ0) is 32.3. The number of alkyl halides is 17. The maximum atomic E-state index is 14.8. The minimum Gasteiger partial charge on any atom is -0.310 e. The molecule has 2 aromatic rings. The molecule has 0 aliphatic heterocycles. The predicted molar refractivity (Wildman–Crippen MR) is 96.9 cm³/mol. The minimum absolute atomic E-state index is 0.0194. The highest BCUT2D eigenvalue weighted by atomic mass is 19.4. The molecule has 41 heavy (non-hydrogen) atoms. The molecule has 23 heteroatoms. The third-order valence-corrected chi connectivity index (χ3v) is 4.85. The number of hydrogen-bond donors (Lipinski definition) is 1. The number of nitrogens with one attached hydrogen (secondary N) is 1. The minimum atomic E-state index is -8.09. The van der Waals surface area contributed by atoms with Crippen molar-refractivity contribution in [2.24, 2.45) is 0 Å². The molecular weight excluding hydrogens is 629 g/mol. The highest BCUT2D eigenvalue weighted by Gasteiger charge is 2.85. The Morgan fingerprint density at radius 2 is 1.27 bits per heavy atom. The first-order chi connectivity index (χ1) is 18.1. The molecule has 2 rings (SSSR count). The van der Waals surface area contributed by atoms with E-state index in [4.69, 9.17) is 0 Å². The summed E-state index contributed by atoms with van der Waals surface area (Å²) in [5.74, 6) is -27.5. The SMILES string of the molecule is CCn1c(NC(=O)[C@@](F)(OC(F)(F)[C@](F)(OC(F)(F)C(F)(F)C(F)(F)F)C(F)(F)F)C(F)(F)F)nc2ccccc21. The van der Waals surface area contributed by atoms with Crippen LogP contribution in [0.4, 0.5) is 80.6 Å². The van der Waals surface area contributed by atoms with E-state index >= 15 is 0 Å². The Morgan fingerprint density at radius 3 is 1.71 bits per heavy atom. The van der Waals surface area contributed by atoms with Gasteiger partial charge in [-0.05, 0) is 19.1 Å². The second-order valence-electron chi connectivity index (χ2n) is 7.62. The van der Waals surface area contributed by atoms with E-state index in [1.807, 2.05) is 0 Å². The summed E-state index contributed by atoms with van der Waals surface area (Å²) in [5, 5.41) is 0.901. The van der Waals surface area contributed by atoms with Crippen molar-refractivity contribution in [3.05, 3.63) is 24.3 Å². The maximum absolute atomic E-state index is 14.8. The number of imidazole rings is 1. The lowest BCUT2D eigenvalue weighted by molar-refractivity contribution is -0.548. The molecule has 1 N–H and O–H groups in total. The van der Waals surface area contributed by atoms with Crippen LogP contribution in [0.3, 0.4) is 0 Å². The van der Waals surface area contributed by atoms with Gasteiger partial charge in [0, 0.05) is 6.54 Å². The number of carbonyl (C=O) groups is 1. The summed E-state index contributed by atoms with van der Waals surface area (Å²) < 4.78 is 230. The van der Waals surface area contributed by atoms with Crippen molar-refractivity contribution in [2.75, 3.05) is 5.32 Å². The highest BCUT2D eigenvalue weighted by molar-refractivity contribution is 5.97. The first-order valence-electron chi connectivity index (χ1n) is 9.98. The molecule has 1 amide bonds. The van der Waals surface area contributed by atoms with Crippen molar-refractivity contribution >= 4 is 22.9 Å². The lowest BCUT2D eigenvalue weighted by Crippen LogP contribution is -2.68. The van der Waals surface area contributed by atoms with E-state index in [1.54, 1.807) is 0 Å². The van der Waals surface area contributed by atoms with E-state index in [0.717, 1.165) is 16.0 Å². The van der Waals surface area contributed by atoms with Crippen LogP contribution >= 0.6 is 0 Å². The van der Waals surface area contributed by atoms with Crippen LogP contribution in [0, 0.1) is 0 Å². The van der Waals surface area contributed by atoms with Gasteiger partial charge < -0.3 is 4.57 Å². The molecule has 1 aromatic carbocycles. The van der Waals surface area contributed by atoms with E-state index in [1.165, 1.54) is 29.9 Å². The van der Waals surface area contributed by atoms with E-state index in [2.05, 4.69) is 9.72 Å². The van der Waals surface area contributed by atoms with Gasteiger partial charge in [-0.2, -0.15) is 74.6 Å². The van der Waals surface area contributed by atoms with Gasteiger partial charge in [0.1, 0.15) is 0 Å². The van der Waals surface area contributed by atoms with Gasteiger partial charge >= 0.3 is 54.3 Å². The number of anilines is 1. The summed E-state index contributed by atoms with van der Waals surface area (Å²) in [6, 6.07) is 4.92. The molecule has 0 spiro atoms. The first-order valence-corrected chi connectivity index (χ1v) is 9.98. The molecule has 0 bridgehead atoms. The Balaban J connectivity index is 2.62. The van der Waals surface area contributed by atoms with Gasteiger partial charge in [0.2, 0.25) is 5.95 Å². The number of benzene rings is 1. The number of amides is 1. The summed E-state index contributed by atoms with van der Waals surface area (Å²) in [5.41, 5.74) is -0.178. The van der Waals surface area contributed by atoms with Gasteiger partial charge in [0.05, 0.1) is 11.0 Å². The molecule has 0 saturated heterocycles. The van der Waals surface area contributed by atoms with Crippen LogP contribution in [0.5, 0.6) is 0 Å². The lowest BCUT2D eigenvalue weighted by atomic mass is 10.2. The van der Waals surface area contributed by atoms with Crippen molar-refractivity contribution in [3.63, 3.8) is 0 Å². The summed E-state index contributed by atoms with van der Waals surface area (Å²) in [4.78, 5) is 15.6. The molecular formula is C18H10F17N3O3. The number of fused-ring (bicyclic) bond motifs is 1. The molecule has 0 aliphatic rings. The smallest absolute Gasteiger partial charge is 0.310 e. The Kier molecular flexibility index (Phi) is 8.33. The Morgan fingerprint density at radius 1 is 0.756 bits per heavy atom. The van der Waals surface area contributed by atoms with Crippen LogP contribution < -0.4 is 5.32 Å². The van der Waals surface area contributed by atoms with E-state index in [-0.39, 0.29) is 17.6 Å². The van der Waals surface area contributed by atoms with Crippen LogP contribution in [0.15, 0.2) is 24.3 Å². The Labute approximate surface area is 214 Å². The van der Waals surface area contributed by atoms with Crippen LogP contribution in [-0.4, -0.2) is 63.8 Å². The predicted octanol–water partition coefficient (Wildman–Crippen LogP) is 6.87. The molecule has 0 aliphatic carbocycles. The van der Waals surface area contributed by atoms with Crippen LogP contribution in [0.25, 0.3) is 11.0 Å². The number of ether oxygens (including phenoxy) is 2. The number of carbonyl (C=O) groups excluding carboxylic acids is 1. The first kappa shape index (κ1) is 34.1. The topological polar surface area (TPSA) is 65.4 Å². The summed E-state index contributed by atoms with van der Waals surface area (Å²) in [6.45, 7) is 0.909. The van der Waals surface area contributed by atoms with Crippen molar-refractivity contribution in [3.8, 4) is 0 Å². The summed E-state index contributed by atoms with van der Waals surface area (Å²) in [6.07, 6.45) is -38.7. The maximum Gasteiger partial charge on any atom is 0.462 e. The van der Waals surface area contributed by atoms with Crippen molar-refractivity contribution in [2.45, 2.75) is 61.8 Å². The number of aromatic nitrogens is 2. The Hall–Kier alpha value is -3.11. The van der Waals surface area contributed by atoms with E-state index in [0.29, 0.717) is 0 Å². The van der Waals surface area contributed by atoms with Gasteiger partial charge in [-0.15, -0.1) is 0 Å². The Bertz CT molecular complexity index is 1270. The van der Waals surface area contributed by atoms with Gasteiger partial charge in [-0.1, -0.05) is 12.1 Å². The monoisotopic (exact) mass is 639 g/mol. The number of para-hydroxylation sites is 2. The van der Waals surface area contributed by atoms with E-state index < -0.39 is 60.2 Å². The van der Waals surface area contributed by atoms with Gasteiger partial charge in [0.15, 0.2) is 0 Å². The fourth-order valence-electron chi connectivity index (χ4n) is 2.84. The van der Waals surface area contributed by atoms with Gasteiger partial charge in [-0.25, -0.2) is 4.98 Å². The van der Waals surface area contributed by atoms with Crippen LogP contribution in [-0.2, 0) is 20.8 Å². The number of aryl methyl sites for hydroxylation is 1. The molecule has 1 aromatic heterocycles. The van der Waals surface area contributed by atoms with Crippen LogP contribution in [0.2, 0.25) is 0 Å². The molecule has 0 unspecified atom stereocenters. The third kappa shape index (κ3) is 5.68. The molecule has 0 saturated carbocycles.